The topological polar surface area (TPSA) is 47.2 Å². The lowest BCUT2D eigenvalue weighted by atomic mass is 10.2. The molecule has 178 valence electrons. The summed E-state index contributed by atoms with van der Waals surface area (Å²) in [6.07, 6.45) is -0.108. The normalized spacial score (nSPS) is 14.6. The minimum atomic E-state index is -2.02. The molecule has 4 nitrogen and oxygen atoms in total. The number of hydrogen-bond donors (Lipinski definition) is 0. The van der Waals surface area contributed by atoms with E-state index < -0.39 is 16.6 Å². The van der Waals surface area contributed by atoms with Crippen LogP contribution in [0.5, 0.6) is 0 Å². The second kappa shape index (κ2) is 9.75. The molecule has 0 amide bonds. The number of fused-ring (bicyclic) bond motifs is 1. The van der Waals surface area contributed by atoms with Crippen LogP contribution in [0.2, 0.25) is 36.3 Å². The van der Waals surface area contributed by atoms with Crippen LogP contribution >= 0.6 is 15.9 Å². The second-order valence-electron chi connectivity index (χ2n) is 11.9. The highest BCUT2D eigenvalue weighted by Crippen LogP contribution is 2.39. The number of nitriles is 1. The summed E-state index contributed by atoms with van der Waals surface area (Å²) in [5, 5.41) is 12.0. The smallest absolute Gasteiger partial charge is 0.192 e. The summed E-state index contributed by atoms with van der Waals surface area (Å²) in [7, 11) is -3.94. The Hall–Kier alpha value is -0.916. The molecular weight excluding hydrogens is 496 g/mol. The van der Waals surface area contributed by atoms with Crippen LogP contribution < -0.4 is 0 Å². The molecule has 1 heterocycles. The molecule has 0 bridgehead atoms. The van der Waals surface area contributed by atoms with Crippen molar-refractivity contribution in [2.24, 2.45) is 0 Å². The summed E-state index contributed by atoms with van der Waals surface area (Å²) in [5.41, 5.74) is 2.94. The van der Waals surface area contributed by atoms with Gasteiger partial charge in [0.05, 0.1) is 19.3 Å². The number of aromatic nitrogens is 1. The zero-order valence-corrected chi connectivity index (χ0v) is 25.2. The quantitative estimate of drug-likeness (QED) is 0.255. The number of halogens is 1. The van der Waals surface area contributed by atoms with Crippen molar-refractivity contribution in [3.8, 4) is 6.07 Å². The van der Waals surface area contributed by atoms with Crippen LogP contribution in [-0.4, -0.2) is 33.9 Å². The summed E-state index contributed by atoms with van der Waals surface area (Å²) in [6.45, 7) is 23.9. The SMILES string of the molecule is CC(C)(C)[Si](C)(C)OC[C@H](Cn1c(C#N)cc2cc(CBr)ccc21)O[Si](C)(C)C(C)(C)C. The molecule has 0 fully saturated rings. The molecule has 2 aromatic rings. The maximum Gasteiger partial charge on any atom is 0.192 e. The molecule has 1 atom stereocenters. The molecule has 0 saturated carbocycles. The molecule has 0 radical (unpaired) electrons. The maximum atomic E-state index is 9.85. The van der Waals surface area contributed by atoms with Crippen molar-refractivity contribution in [2.45, 2.75) is 95.8 Å². The van der Waals surface area contributed by atoms with Gasteiger partial charge in [-0.15, -0.1) is 0 Å². The first-order valence-electron chi connectivity index (χ1n) is 11.4. The van der Waals surface area contributed by atoms with Gasteiger partial charge in [0.25, 0.3) is 0 Å². The van der Waals surface area contributed by atoms with E-state index in [0.717, 1.165) is 16.2 Å². The third-order valence-corrected chi connectivity index (χ3v) is 17.0. The van der Waals surface area contributed by atoms with Crippen LogP contribution in [0, 0.1) is 11.3 Å². The van der Waals surface area contributed by atoms with Crippen molar-refractivity contribution < 1.29 is 8.85 Å². The van der Waals surface area contributed by atoms with Gasteiger partial charge >= 0.3 is 0 Å². The average Bonchev–Trinajstić information content (AvgIpc) is 3.00. The molecule has 0 saturated heterocycles. The minimum Gasteiger partial charge on any atom is -0.414 e. The van der Waals surface area contributed by atoms with E-state index in [1.165, 1.54) is 5.56 Å². The monoisotopic (exact) mass is 536 g/mol. The van der Waals surface area contributed by atoms with Crippen LogP contribution in [0.1, 0.15) is 52.8 Å². The van der Waals surface area contributed by atoms with Crippen molar-refractivity contribution in [3.63, 3.8) is 0 Å². The summed E-state index contributed by atoms with van der Waals surface area (Å²) < 4.78 is 15.6. The Morgan fingerprint density at radius 3 is 2.09 bits per heavy atom. The fraction of sp³-hybridized carbons (Fsp3) is 0.640. The Morgan fingerprint density at radius 2 is 1.59 bits per heavy atom. The van der Waals surface area contributed by atoms with E-state index in [4.69, 9.17) is 8.85 Å². The zero-order valence-electron chi connectivity index (χ0n) is 21.6. The number of nitrogens with zero attached hydrogens (tertiary/aromatic N) is 2. The molecule has 0 N–H and O–H groups in total. The third-order valence-electron chi connectivity index (χ3n) is 7.32. The molecule has 32 heavy (non-hydrogen) atoms. The van der Waals surface area contributed by atoms with Gasteiger partial charge in [-0.1, -0.05) is 63.5 Å². The predicted molar refractivity (Wildman–Crippen MR) is 145 cm³/mol. The fourth-order valence-corrected chi connectivity index (χ4v) is 5.85. The van der Waals surface area contributed by atoms with Gasteiger partial charge in [-0.05, 0) is 60.0 Å². The van der Waals surface area contributed by atoms with Gasteiger partial charge in [0.2, 0.25) is 0 Å². The molecule has 1 aromatic carbocycles. The predicted octanol–water partition coefficient (Wildman–Crippen LogP) is 7.82. The van der Waals surface area contributed by atoms with Gasteiger partial charge < -0.3 is 13.4 Å². The second-order valence-corrected chi connectivity index (χ2v) is 22.0. The highest BCUT2D eigenvalue weighted by atomic mass is 79.9. The van der Waals surface area contributed by atoms with Gasteiger partial charge in [0, 0.05) is 16.2 Å². The molecule has 0 spiro atoms. The lowest BCUT2D eigenvalue weighted by Crippen LogP contribution is -2.49. The zero-order chi connectivity index (χ0) is 24.5. The van der Waals surface area contributed by atoms with E-state index in [1.54, 1.807) is 0 Å². The average molecular weight is 538 g/mol. The maximum absolute atomic E-state index is 9.85. The fourth-order valence-electron chi connectivity index (χ4n) is 3.13. The van der Waals surface area contributed by atoms with Crippen molar-refractivity contribution in [1.82, 2.24) is 4.57 Å². The lowest BCUT2D eigenvalue weighted by molar-refractivity contribution is 0.0943. The first-order chi connectivity index (χ1) is 14.5. The van der Waals surface area contributed by atoms with Crippen molar-refractivity contribution in [1.29, 1.82) is 5.26 Å². The van der Waals surface area contributed by atoms with E-state index in [9.17, 15) is 5.26 Å². The van der Waals surface area contributed by atoms with Crippen LogP contribution in [0.25, 0.3) is 10.9 Å². The van der Waals surface area contributed by atoms with Gasteiger partial charge in [-0.2, -0.15) is 5.26 Å². The highest BCUT2D eigenvalue weighted by molar-refractivity contribution is 9.08. The van der Waals surface area contributed by atoms with Crippen molar-refractivity contribution in [2.75, 3.05) is 6.61 Å². The standard InChI is InChI=1S/C25H41BrN2O2Si2/c1-24(2,3)31(7,8)29-18-22(30-32(9,10)25(4,5)6)17-28-21(16-27)14-20-13-19(15-26)11-12-23(20)28/h11-14,22H,15,17-18H2,1-10H3/t22-/m0/s1. The largest absolute Gasteiger partial charge is 0.414 e. The minimum absolute atomic E-state index is 0.101. The van der Waals surface area contributed by atoms with E-state index in [-0.39, 0.29) is 16.2 Å². The molecule has 7 heteroatoms. The Kier molecular flexibility index (Phi) is 8.33. The van der Waals surface area contributed by atoms with E-state index in [2.05, 4.69) is 112 Å². The van der Waals surface area contributed by atoms with Crippen molar-refractivity contribution >= 4 is 43.5 Å². The molecule has 2 rings (SSSR count). The summed E-state index contributed by atoms with van der Waals surface area (Å²) in [6, 6.07) is 10.8. The molecule has 0 unspecified atom stereocenters. The number of rotatable bonds is 8. The van der Waals surface area contributed by atoms with Gasteiger partial charge in [-0.3, -0.25) is 0 Å². The first-order valence-corrected chi connectivity index (χ1v) is 18.4. The number of benzene rings is 1. The molecular formula is C25H41BrN2O2Si2. The summed E-state index contributed by atoms with van der Waals surface area (Å²) in [4.78, 5) is 0. The Balaban J connectivity index is 2.43. The highest BCUT2D eigenvalue weighted by Gasteiger charge is 2.41. The molecule has 1 aromatic heterocycles. The molecule has 0 aliphatic carbocycles. The van der Waals surface area contributed by atoms with Gasteiger partial charge in [-0.25, -0.2) is 0 Å². The van der Waals surface area contributed by atoms with Crippen LogP contribution in [0.15, 0.2) is 24.3 Å². The Labute approximate surface area is 205 Å². The van der Waals surface area contributed by atoms with Crippen LogP contribution in [0.3, 0.4) is 0 Å². The van der Waals surface area contributed by atoms with Gasteiger partial charge in [0.15, 0.2) is 16.6 Å². The number of hydrogen-bond acceptors (Lipinski definition) is 3. The lowest BCUT2D eigenvalue weighted by Gasteiger charge is -2.41. The Morgan fingerprint density at radius 1 is 1.00 bits per heavy atom. The first kappa shape index (κ1) is 27.3. The van der Waals surface area contributed by atoms with E-state index >= 15 is 0 Å². The molecule has 0 aliphatic heterocycles. The van der Waals surface area contributed by atoms with Crippen molar-refractivity contribution in [3.05, 3.63) is 35.5 Å². The van der Waals surface area contributed by atoms with E-state index in [0.29, 0.717) is 18.8 Å². The van der Waals surface area contributed by atoms with Crippen LogP contribution in [-0.2, 0) is 20.7 Å². The summed E-state index contributed by atoms with van der Waals surface area (Å²) in [5.74, 6) is 0. The van der Waals surface area contributed by atoms with E-state index in [1.807, 2.05) is 6.07 Å². The Bertz CT molecular complexity index is 979. The van der Waals surface area contributed by atoms with Crippen LogP contribution in [0.4, 0.5) is 0 Å². The summed E-state index contributed by atoms with van der Waals surface area (Å²) >= 11 is 3.53. The van der Waals surface area contributed by atoms with Gasteiger partial charge in [0.1, 0.15) is 11.8 Å². The number of alkyl halides is 1. The third kappa shape index (κ3) is 6.15. The molecule has 0 aliphatic rings.